The minimum atomic E-state index is -0.577. The van der Waals surface area contributed by atoms with E-state index in [9.17, 15) is 4.79 Å². The molecule has 0 rings (SSSR count). The predicted octanol–water partition coefficient (Wildman–Crippen LogP) is -0.884. The molecule has 1 atom stereocenters. The Morgan fingerprint density at radius 3 is 2.62 bits per heavy atom. The van der Waals surface area contributed by atoms with Gasteiger partial charge in [0.15, 0.2) is 0 Å². The number of aliphatic hydroxyl groups is 1. The fourth-order valence-electron chi connectivity index (χ4n) is 0.278. The first-order valence-corrected chi connectivity index (χ1v) is 3.61. The van der Waals surface area contributed by atoms with E-state index in [1.807, 2.05) is 0 Å². The number of rotatable bonds is 2. The molecule has 0 aliphatic rings. The summed E-state index contributed by atoms with van der Waals surface area (Å²) >= 11 is 0.593. The molecule has 3 nitrogen and oxygen atoms in total. The average molecular weight is 313 g/mol. The van der Waals surface area contributed by atoms with Crippen molar-refractivity contribution in [2.45, 2.75) is 19.4 Å². The maximum atomic E-state index is 10.3. The van der Waals surface area contributed by atoms with Gasteiger partial charge in [-0.05, 0) is 0 Å². The van der Waals surface area contributed by atoms with Gasteiger partial charge in [-0.2, -0.15) is 0 Å². The summed E-state index contributed by atoms with van der Waals surface area (Å²) in [7, 11) is 0. The molecule has 8 heavy (non-hydrogen) atoms. The van der Waals surface area contributed by atoms with Crippen LogP contribution < -0.4 is 0 Å². The van der Waals surface area contributed by atoms with Crippen molar-refractivity contribution in [2.75, 3.05) is 0 Å². The summed E-state index contributed by atoms with van der Waals surface area (Å²) in [4.78, 5) is 10.3. The molecule has 0 saturated carbocycles. The predicted molar refractivity (Wildman–Crippen MR) is 29.5 cm³/mol. The molecule has 1 unspecified atom stereocenters. The van der Waals surface area contributed by atoms with E-state index in [-0.39, 0.29) is 12.4 Å². The zero-order valence-electron chi connectivity index (χ0n) is 4.50. The Morgan fingerprint density at radius 1 is 2.00 bits per heavy atom. The summed E-state index contributed by atoms with van der Waals surface area (Å²) in [6.45, 7) is 1.55. The Labute approximate surface area is 63.8 Å². The molecule has 0 fully saturated rings. The van der Waals surface area contributed by atoms with Crippen molar-refractivity contribution in [2.24, 2.45) is 0 Å². The molecular formula is C4H8O3Po. The van der Waals surface area contributed by atoms with E-state index in [2.05, 4.69) is 2.77 Å². The number of hydrogen-bond acceptors (Lipinski definition) is 3. The third-order valence-electron chi connectivity index (χ3n) is 0.564. The Bertz CT molecular complexity index is 81.4. The fourth-order valence-corrected chi connectivity index (χ4v) is 0.568. The molecule has 0 spiro atoms. The van der Waals surface area contributed by atoms with E-state index in [4.69, 9.17) is 5.11 Å². The van der Waals surface area contributed by atoms with Crippen molar-refractivity contribution in [3.05, 3.63) is 0 Å². The van der Waals surface area contributed by atoms with Crippen LogP contribution in [0.4, 0.5) is 0 Å². The van der Waals surface area contributed by atoms with Gasteiger partial charge in [-0.3, -0.25) is 0 Å². The zero-order valence-corrected chi connectivity index (χ0v) is 7.97. The first-order valence-electron chi connectivity index (χ1n) is 2.19. The molecule has 0 saturated heterocycles. The van der Waals surface area contributed by atoms with Gasteiger partial charge >= 0.3 is 63.6 Å². The Morgan fingerprint density at radius 2 is 2.50 bits per heavy atom. The Balaban J connectivity index is 3.25. The van der Waals surface area contributed by atoms with Gasteiger partial charge in [-0.1, -0.05) is 0 Å². The van der Waals surface area contributed by atoms with Crippen molar-refractivity contribution in [1.29, 1.82) is 0 Å². The fraction of sp³-hybridized carbons (Fsp3) is 0.750. The van der Waals surface area contributed by atoms with Gasteiger partial charge in [0, 0.05) is 0 Å². The molecule has 0 aliphatic heterocycles. The minimum absolute atomic E-state index is 0.108. The molecule has 0 radical (unpaired) electrons. The van der Waals surface area contributed by atoms with Crippen LogP contribution in [-0.2, 0) is 7.57 Å². The van der Waals surface area contributed by atoms with Gasteiger partial charge < -0.3 is 0 Å². The molecule has 0 aromatic rings. The van der Waals surface area contributed by atoms with Crippen LogP contribution in [-0.4, -0.2) is 42.7 Å². The van der Waals surface area contributed by atoms with E-state index < -0.39 is 6.10 Å². The van der Waals surface area contributed by atoms with Crippen LogP contribution in [0.3, 0.4) is 0 Å². The number of aliphatic hydroxyl groups excluding tert-OH is 1. The second-order valence-corrected chi connectivity index (χ2v) is 2.23. The maximum absolute atomic E-state index is 10.3. The SMILES string of the molecule is CC(O)CC(=O)[O][PoH]. The van der Waals surface area contributed by atoms with Gasteiger partial charge in [-0.15, -0.1) is 0 Å². The molecule has 4 heteroatoms. The van der Waals surface area contributed by atoms with E-state index in [1.54, 1.807) is 6.92 Å². The molecule has 0 amide bonds. The number of hydrogen-bond donors (Lipinski definition) is 1. The monoisotopic (exact) mass is 313 g/mol. The number of carbonyl (C=O) groups is 1. The standard InChI is InChI=1S/C4H8O3.Po.H/c1-3(5)2-4(6)7;;/h3,5H,2H2,1H3,(H,6,7);;/q;+1;/p-1. The van der Waals surface area contributed by atoms with Gasteiger partial charge in [-0.25, -0.2) is 0 Å². The molecule has 1 N–H and O–H groups in total. The van der Waals surface area contributed by atoms with Crippen LogP contribution >= 0.6 is 0 Å². The Kier molecular flexibility index (Phi) is 4.40. The van der Waals surface area contributed by atoms with Crippen LogP contribution in [0.2, 0.25) is 0 Å². The van der Waals surface area contributed by atoms with Crippen LogP contribution in [0.15, 0.2) is 0 Å². The first kappa shape index (κ1) is 8.33. The van der Waals surface area contributed by atoms with E-state index in [0.717, 1.165) is 0 Å². The summed E-state index contributed by atoms with van der Waals surface area (Å²) in [5.41, 5.74) is 0. The van der Waals surface area contributed by atoms with Gasteiger partial charge in [0.25, 0.3) is 0 Å². The second kappa shape index (κ2) is 4.23. The summed E-state index contributed by atoms with van der Waals surface area (Å²) in [6, 6.07) is 0. The van der Waals surface area contributed by atoms with E-state index in [1.165, 1.54) is 0 Å². The molecule has 0 bridgehead atoms. The normalized spacial score (nSPS) is 12.9. The number of carbonyl (C=O) groups excluding carboxylic acids is 1. The summed E-state index contributed by atoms with van der Waals surface area (Å²) in [5, 5.41) is 8.57. The van der Waals surface area contributed by atoms with Gasteiger partial charge in [0.05, 0.1) is 0 Å². The van der Waals surface area contributed by atoms with Crippen molar-refractivity contribution in [3.63, 3.8) is 0 Å². The van der Waals surface area contributed by atoms with Crippen LogP contribution in [0.1, 0.15) is 13.3 Å². The van der Waals surface area contributed by atoms with Crippen molar-refractivity contribution in [1.82, 2.24) is 0 Å². The topological polar surface area (TPSA) is 46.5 Å². The van der Waals surface area contributed by atoms with Gasteiger partial charge in [0.2, 0.25) is 0 Å². The molecular weight excluding hydrogens is 305 g/mol. The zero-order chi connectivity index (χ0) is 6.57. The first-order chi connectivity index (χ1) is 3.66. The van der Waals surface area contributed by atoms with Crippen LogP contribution in [0.5, 0.6) is 0 Å². The van der Waals surface area contributed by atoms with Crippen molar-refractivity contribution in [3.8, 4) is 0 Å². The molecule has 0 aromatic carbocycles. The summed E-state index contributed by atoms with van der Waals surface area (Å²) in [5.74, 6) is -0.326. The summed E-state index contributed by atoms with van der Waals surface area (Å²) < 4.78 is 4.37. The molecule has 0 heterocycles. The van der Waals surface area contributed by atoms with Crippen LogP contribution in [0, 0.1) is 0 Å². The molecule has 0 aliphatic carbocycles. The van der Waals surface area contributed by atoms with Crippen molar-refractivity contribution < 1.29 is 12.7 Å². The third-order valence-corrected chi connectivity index (χ3v) is 1.36. The average Bonchev–Trinajstić information content (AvgIpc) is 1.65. The quantitative estimate of drug-likeness (QED) is 0.720. The van der Waals surface area contributed by atoms with Crippen LogP contribution in [0.25, 0.3) is 0 Å². The summed E-state index contributed by atoms with van der Waals surface area (Å²) in [6.07, 6.45) is -0.470. The molecule has 0 aromatic heterocycles. The molecule has 48 valence electrons. The third kappa shape index (κ3) is 4.48. The van der Waals surface area contributed by atoms with E-state index >= 15 is 0 Å². The second-order valence-electron chi connectivity index (χ2n) is 1.52. The Hall–Kier alpha value is 0.326. The van der Waals surface area contributed by atoms with Crippen molar-refractivity contribution >= 4 is 31.5 Å². The van der Waals surface area contributed by atoms with E-state index in [0.29, 0.717) is 25.5 Å². The van der Waals surface area contributed by atoms with Gasteiger partial charge in [0.1, 0.15) is 0 Å².